The Morgan fingerprint density at radius 1 is 0.730 bits per heavy atom. The van der Waals surface area contributed by atoms with E-state index in [0.717, 1.165) is 29.8 Å². The second-order valence-electron chi connectivity index (χ2n) is 8.76. The van der Waals surface area contributed by atoms with E-state index >= 15 is 0 Å². The molecule has 0 aromatic heterocycles. The van der Waals surface area contributed by atoms with E-state index < -0.39 is 0 Å². The van der Waals surface area contributed by atoms with Gasteiger partial charge in [0.25, 0.3) is 5.91 Å². The third-order valence-corrected chi connectivity index (χ3v) is 5.74. The van der Waals surface area contributed by atoms with E-state index in [-0.39, 0.29) is 18.4 Å². The summed E-state index contributed by atoms with van der Waals surface area (Å²) in [6, 6.07) is 32.4. The first-order valence-corrected chi connectivity index (χ1v) is 12.3. The molecule has 4 aromatic carbocycles. The van der Waals surface area contributed by atoms with Gasteiger partial charge in [-0.1, -0.05) is 48.0 Å². The number of hydrogen-bond acceptors (Lipinski definition) is 4. The van der Waals surface area contributed by atoms with Crippen molar-refractivity contribution in [3.63, 3.8) is 0 Å². The summed E-state index contributed by atoms with van der Waals surface area (Å²) >= 11 is 0. The first-order chi connectivity index (χ1) is 18.0. The number of nitrogens with one attached hydrogen (secondary N) is 3. The topological polar surface area (TPSA) is 79.5 Å². The molecule has 0 spiro atoms. The smallest absolute Gasteiger partial charge is 0.255 e. The monoisotopic (exact) mass is 493 g/mol. The average molecular weight is 494 g/mol. The number of carbonyl (C=O) groups is 2. The number of ether oxygens (including phenoxy) is 1. The van der Waals surface area contributed by atoms with E-state index in [2.05, 4.69) is 28.1 Å². The molecule has 0 aliphatic carbocycles. The van der Waals surface area contributed by atoms with Crippen LogP contribution in [0.4, 0.5) is 17.1 Å². The number of carbonyl (C=O) groups excluding carboxylic acids is 2. The van der Waals surface area contributed by atoms with Crippen LogP contribution in [0.3, 0.4) is 0 Å². The molecule has 0 radical (unpaired) electrons. The lowest BCUT2D eigenvalue weighted by molar-refractivity contribution is -0.114. The Kier molecular flexibility index (Phi) is 8.92. The molecule has 0 saturated carbocycles. The summed E-state index contributed by atoms with van der Waals surface area (Å²) in [6.45, 7) is 2.73. The lowest BCUT2D eigenvalue weighted by Gasteiger charge is -2.10. The van der Waals surface area contributed by atoms with Crippen LogP contribution < -0.4 is 20.7 Å². The van der Waals surface area contributed by atoms with Crippen LogP contribution in [0.25, 0.3) is 0 Å². The van der Waals surface area contributed by atoms with Crippen molar-refractivity contribution < 1.29 is 14.3 Å². The predicted molar refractivity (Wildman–Crippen MR) is 149 cm³/mol. The van der Waals surface area contributed by atoms with Crippen LogP contribution in [0, 0.1) is 6.92 Å². The second kappa shape index (κ2) is 12.9. The summed E-state index contributed by atoms with van der Waals surface area (Å²) < 4.78 is 5.82. The summed E-state index contributed by atoms with van der Waals surface area (Å²) in [4.78, 5) is 24.7. The molecule has 0 atom stereocenters. The highest BCUT2D eigenvalue weighted by Gasteiger charge is 2.07. The Bertz CT molecular complexity index is 1300. The van der Waals surface area contributed by atoms with Gasteiger partial charge in [-0.25, -0.2) is 0 Å². The van der Waals surface area contributed by atoms with Crippen molar-refractivity contribution >= 4 is 28.9 Å². The van der Waals surface area contributed by atoms with Gasteiger partial charge < -0.3 is 20.7 Å². The summed E-state index contributed by atoms with van der Waals surface area (Å²) in [5.41, 5.74) is 5.08. The van der Waals surface area contributed by atoms with E-state index in [1.165, 1.54) is 5.56 Å². The molecule has 37 heavy (non-hydrogen) atoms. The predicted octanol–water partition coefficient (Wildman–Crippen LogP) is 6.31. The van der Waals surface area contributed by atoms with Gasteiger partial charge >= 0.3 is 0 Å². The highest BCUT2D eigenvalue weighted by molar-refractivity contribution is 6.04. The van der Waals surface area contributed by atoms with Crippen LogP contribution in [-0.2, 0) is 11.2 Å². The number of benzene rings is 4. The average Bonchev–Trinajstić information content (AvgIpc) is 2.92. The maximum absolute atomic E-state index is 12.4. The highest BCUT2D eigenvalue weighted by Crippen LogP contribution is 2.17. The second-order valence-corrected chi connectivity index (χ2v) is 8.76. The Morgan fingerprint density at radius 2 is 1.41 bits per heavy atom. The summed E-state index contributed by atoms with van der Waals surface area (Å²) in [5.74, 6) is 0.462. The number of aryl methyl sites for hydroxylation is 2. The van der Waals surface area contributed by atoms with Crippen LogP contribution in [0.1, 0.15) is 27.9 Å². The van der Waals surface area contributed by atoms with E-state index in [1.807, 2.05) is 67.6 Å². The minimum Gasteiger partial charge on any atom is -0.494 e. The Labute approximate surface area is 217 Å². The van der Waals surface area contributed by atoms with E-state index in [0.29, 0.717) is 23.5 Å². The summed E-state index contributed by atoms with van der Waals surface area (Å²) in [6.07, 6.45) is 1.94. The van der Waals surface area contributed by atoms with E-state index in [1.54, 1.807) is 30.3 Å². The van der Waals surface area contributed by atoms with E-state index in [4.69, 9.17) is 4.74 Å². The van der Waals surface area contributed by atoms with Crippen molar-refractivity contribution in [2.45, 2.75) is 19.8 Å². The first-order valence-electron chi connectivity index (χ1n) is 12.3. The molecule has 0 heterocycles. The molecule has 0 saturated heterocycles. The number of rotatable bonds is 11. The van der Waals surface area contributed by atoms with Crippen molar-refractivity contribution in [3.8, 4) is 5.75 Å². The van der Waals surface area contributed by atoms with Gasteiger partial charge in [0.1, 0.15) is 5.75 Å². The molecule has 0 aliphatic rings. The first kappa shape index (κ1) is 25.5. The Hall–Kier alpha value is -4.58. The minimum atomic E-state index is -0.173. The van der Waals surface area contributed by atoms with Gasteiger partial charge in [-0.15, -0.1) is 0 Å². The van der Waals surface area contributed by atoms with Gasteiger partial charge in [0, 0.05) is 22.6 Å². The van der Waals surface area contributed by atoms with Crippen molar-refractivity contribution in [2.24, 2.45) is 0 Å². The van der Waals surface area contributed by atoms with Crippen LogP contribution in [0.2, 0.25) is 0 Å². The quantitative estimate of drug-likeness (QED) is 0.214. The SMILES string of the molecule is Cc1cccc(C(=O)Nc2ccc(NC(=O)CNc3ccc(OCCCc4ccccc4)cc3)cc2)c1. The molecule has 2 amide bonds. The fourth-order valence-corrected chi connectivity index (χ4v) is 3.79. The number of hydrogen-bond donors (Lipinski definition) is 3. The Balaban J connectivity index is 1.16. The summed E-state index contributed by atoms with van der Waals surface area (Å²) in [5, 5.41) is 8.83. The molecule has 6 nitrogen and oxygen atoms in total. The maximum Gasteiger partial charge on any atom is 0.255 e. The lowest BCUT2D eigenvalue weighted by Crippen LogP contribution is -2.21. The molecule has 0 bridgehead atoms. The van der Waals surface area contributed by atoms with Gasteiger partial charge in [0.15, 0.2) is 0 Å². The zero-order valence-corrected chi connectivity index (χ0v) is 20.9. The van der Waals surface area contributed by atoms with Gasteiger partial charge in [-0.05, 0) is 86.0 Å². The van der Waals surface area contributed by atoms with Crippen molar-refractivity contribution in [3.05, 3.63) is 120 Å². The molecular weight excluding hydrogens is 462 g/mol. The largest absolute Gasteiger partial charge is 0.494 e. The standard InChI is InChI=1S/C31H31N3O3/c1-23-7-5-11-25(21-23)31(36)34-28-14-12-27(13-15-28)33-30(35)22-32-26-16-18-29(19-17-26)37-20-6-10-24-8-3-2-4-9-24/h2-5,7-9,11-19,21,32H,6,10,20,22H2,1H3,(H,33,35)(H,34,36). The molecule has 3 N–H and O–H groups in total. The molecule has 0 unspecified atom stereocenters. The molecule has 4 aromatic rings. The summed E-state index contributed by atoms with van der Waals surface area (Å²) in [7, 11) is 0. The fraction of sp³-hybridized carbons (Fsp3) is 0.161. The maximum atomic E-state index is 12.4. The van der Waals surface area contributed by atoms with Gasteiger partial charge in [0.05, 0.1) is 13.2 Å². The minimum absolute atomic E-state index is 0.128. The zero-order valence-electron chi connectivity index (χ0n) is 20.9. The number of amides is 2. The molecule has 6 heteroatoms. The van der Waals surface area contributed by atoms with Crippen LogP contribution in [-0.4, -0.2) is 25.0 Å². The highest BCUT2D eigenvalue weighted by atomic mass is 16.5. The van der Waals surface area contributed by atoms with Gasteiger partial charge in [-0.3, -0.25) is 9.59 Å². The van der Waals surface area contributed by atoms with Crippen LogP contribution in [0.15, 0.2) is 103 Å². The van der Waals surface area contributed by atoms with Crippen molar-refractivity contribution in [2.75, 3.05) is 29.1 Å². The molecular formula is C31H31N3O3. The zero-order chi connectivity index (χ0) is 25.9. The van der Waals surface area contributed by atoms with Crippen molar-refractivity contribution in [1.29, 1.82) is 0 Å². The molecule has 0 fully saturated rings. The normalized spacial score (nSPS) is 10.4. The molecule has 0 aliphatic heterocycles. The fourth-order valence-electron chi connectivity index (χ4n) is 3.79. The number of anilines is 3. The van der Waals surface area contributed by atoms with E-state index in [9.17, 15) is 9.59 Å². The van der Waals surface area contributed by atoms with Crippen LogP contribution in [0.5, 0.6) is 5.75 Å². The van der Waals surface area contributed by atoms with Crippen LogP contribution >= 0.6 is 0 Å². The molecule has 4 rings (SSSR count). The molecule has 188 valence electrons. The van der Waals surface area contributed by atoms with Crippen molar-refractivity contribution in [1.82, 2.24) is 0 Å². The lowest BCUT2D eigenvalue weighted by atomic mass is 10.1. The third-order valence-electron chi connectivity index (χ3n) is 5.74. The third kappa shape index (κ3) is 8.25. The van der Waals surface area contributed by atoms with Gasteiger partial charge in [-0.2, -0.15) is 0 Å². The van der Waals surface area contributed by atoms with Gasteiger partial charge in [0.2, 0.25) is 5.91 Å². The Morgan fingerprint density at radius 3 is 2.11 bits per heavy atom.